The maximum absolute atomic E-state index is 12.3. The molecule has 2 N–H and O–H groups in total. The second kappa shape index (κ2) is 11.0. The standard InChI is InChI=1S/C20H24ClN3O2S/c1-3-24(12-13-27-19-10-4-16(21)5-11-19)14-20(26)23-18-8-6-17(7-9-18)22-15(2)25/h4-11H,3,12-14H2,1-2H3,(H,22,25)(H,23,26). The number of halogens is 1. The van der Waals surface area contributed by atoms with Crippen molar-refractivity contribution in [2.75, 3.05) is 36.0 Å². The molecular weight excluding hydrogens is 382 g/mol. The Hall–Kier alpha value is -2.02. The zero-order valence-corrected chi connectivity index (χ0v) is 17.1. The highest BCUT2D eigenvalue weighted by Gasteiger charge is 2.09. The van der Waals surface area contributed by atoms with Crippen LogP contribution in [0.4, 0.5) is 11.4 Å². The number of hydrogen-bond donors (Lipinski definition) is 2. The maximum Gasteiger partial charge on any atom is 0.238 e. The molecule has 2 aromatic rings. The van der Waals surface area contributed by atoms with E-state index in [1.807, 2.05) is 31.2 Å². The fourth-order valence-corrected chi connectivity index (χ4v) is 3.46. The summed E-state index contributed by atoms with van der Waals surface area (Å²) >= 11 is 7.64. The van der Waals surface area contributed by atoms with Crippen LogP contribution in [-0.2, 0) is 9.59 Å². The summed E-state index contributed by atoms with van der Waals surface area (Å²) in [5.41, 5.74) is 1.41. The van der Waals surface area contributed by atoms with Crippen LogP contribution in [0.25, 0.3) is 0 Å². The number of amides is 2. The summed E-state index contributed by atoms with van der Waals surface area (Å²) in [5.74, 6) is 0.719. The number of anilines is 2. The van der Waals surface area contributed by atoms with E-state index in [0.717, 1.165) is 23.9 Å². The predicted octanol–water partition coefficient (Wildman–Crippen LogP) is 4.35. The zero-order valence-electron chi connectivity index (χ0n) is 15.5. The minimum atomic E-state index is -0.123. The average molecular weight is 406 g/mol. The molecule has 2 amide bonds. The zero-order chi connectivity index (χ0) is 19.6. The first-order chi connectivity index (χ1) is 13.0. The van der Waals surface area contributed by atoms with Crippen molar-refractivity contribution in [3.05, 3.63) is 53.6 Å². The molecule has 0 aliphatic heterocycles. The van der Waals surface area contributed by atoms with Crippen LogP contribution < -0.4 is 10.6 Å². The lowest BCUT2D eigenvalue weighted by molar-refractivity contribution is -0.117. The Labute approximate surface area is 169 Å². The number of carbonyl (C=O) groups excluding carboxylic acids is 2. The van der Waals surface area contributed by atoms with Gasteiger partial charge in [0.25, 0.3) is 0 Å². The highest BCUT2D eigenvalue weighted by Crippen LogP contribution is 2.20. The van der Waals surface area contributed by atoms with Crippen molar-refractivity contribution in [1.29, 1.82) is 0 Å². The molecule has 0 aromatic heterocycles. The largest absolute Gasteiger partial charge is 0.326 e. The van der Waals surface area contributed by atoms with Gasteiger partial charge in [-0.05, 0) is 55.1 Å². The maximum atomic E-state index is 12.3. The second-order valence-electron chi connectivity index (χ2n) is 5.98. The Morgan fingerprint density at radius 2 is 1.59 bits per heavy atom. The highest BCUT2D eigenvalue weighted by molar-refractivity contribution is 7.99. The van der Waals surface area contributed by atoms with Crippen molar-refractivity contribution < 1.29 is 9.59 Å². The molecule has 27 heavy (non-hydrogen) atoms. The van der Waals surface area contributed by atoms with Gasteiger partial charge in [0.05, 0.1) is 6.54 Å². The normalized spacial score (nSPS) is 10.7. The van der Waals surface area contributed by atoms with Gasteiger partial charge in [-0.3, -0.25) is 14.5 Å². The average Bonchev–Trinajstić information content (AvgIpc) is 2.63. The number of rotatable bonds is 9. The van der Waals surface area contributed by atoms with Gasteiger partial charge in [0.1, 0.15) is 0 Å². The quantitative estimate of drug-likeness (QED) is 0.609. The van der Waals surface area contributed by atoms with Crippen molar-refractivity contribution in [1.82, 2.24) is 4.90 Å². The van der Waals surface area contributed by atoms with Gasteiger partial charge in [-0.25, -0.2) is 0 Å². The van der Waals surface area contributed by atoms with Crippen LogP contribution >= 0.6 is 23.4 Å². The van der Waals surface area contributed by atoms with Gasteiger partial charge in [-0.15, -0.1) is 11.8 Å². The fourth-order valence-electron chi connectivity index (χ4n) is 2.42. The van der Waals surface area contributed by atoms with Gasteiger partial charge in [-0.2, -0.15) is 0 Å². The van der Waals surface area contributed by atoms with Gasteiger partial charge in [0, 0.05) is 40.5 Å². The minimum absolute atomic E-state index is 0.0550. The molecule has 0 aliphatic carbocycles. The first-order valence-electron chi connectivity index (χ1n) is 8.74. The van der Waals surface area contributed by atoms with Crippen molar-refractivity contribution in [3.8, 4) is 0 Å². The third-order valence-corrected chi connectivity index (χ3v) is 5.04. The molecule has 0 saturated carbocycles. The van der Waals surface area contributed by atoms with Gasteiger partial charge >= 0.3 is 0 Å². The van der Waals surface area contributed by atoms with Crippen molar-refractivity contribution in [2.45, 2.75) is 18.7 Å². The minimum Gasteiger partial charge on any atom is -0.326 e. The van der Waals surface area contributed by atoms with E-state index in [1.54, 1.807) is 36.0 Å². The van der Waals surface area contributed by atoms with E-state index in [2.05, 4.69) is 15.5 Å². The van der Waals surface area contributed by atoms with E-state index in [9.17, 15) is 9.59 Å². The number of thioether (sulfide) groups is 1. The SMILES string of the molecule is CCN(CCSc1ccc(Cl)cc1)CC(=O)Nc1ccc(NC(C)=O)cc1. The Balaban J connectivity index is 1.76. The van der Waals surface area contributed by atoms with Crippen LogP contribution in [0, 0.1) is 0 Å². The third-order valence-electron chi connectivity index (χ3n) is 3.79. The lowest BCUT2D eigenvalue weighted by Crippen LogP contribution is -2.34. The summed E-state index contributed by atoms with van der Waals surface area (Å²) in [4.78, 5) is 26.6. The Bertz CT molecular complexity index is 751. The highest BCUT2D eigenvalue weighted by atomic mass is 35.5. The molecule has 0 saturated heterocycles. The van der Waals surface area contributed by atoms with E-state index in [1.165, 1.54) is 11.8 Å². The number of likely N-dealkylation sites (N-methyl/N-ethyl adjacent to an activating group) is 1. The van der Waals surface area contributed by atoms with E-state index in [0.29, 0.717) is 17.9 Å². The molecule has 0 unspecified atom stereocenters. The summed E-state index contributed by atoms with van der Waals surface area (Å²) in [5, 5.41) is 6.32. The lowest BCUT2D eigenvalue weighted by Gasteiger charge is -2.19. The number of nitrogens with zero attached hydrogens (tertiary/aromatic N) is 1. The van der Waals surface area contributed by atoms with Crippen LogP contribution in [0.5, 0.6) is 0 Å². The van der Waals surface area contributed by atoms with Crippen LogP contribution in [-0.4, -0.2) is 42.1 Å². The number of carbonyl (C=O) groups is 2. The van der Waals surface area contributed by atoms with E-state index in [4.69, 9.17) is 11.6 Å². The molecule has 0 bridgehead atoms. The van der Waals surface area contributed by atoms with Crippen LogP contribution in [0.1, 0.15) is 13.8 Å². The molecular formula is C20H24ClN3O2S. The summed E-state index contributed by atoms with van der Waals surface area (Å²) in [6, 6.07) is 14.8. The molecule has 0 fully saturated rings. The molecule has 144 valence electrons. The summed E-state index contributed by atoms with van der Waals surface area (Å²) < 4.78 is 0. The van der Waals surface area contributed by atoms with Crippen molar-refractivity contribution in [3.63, 3.8) is 0 Å². The molecule has 0 atom stereocenters. The molecule has 7 heteroatoms. The van der Waals surface area contributed by atoms with Gasteiger partial charge in [0.15, 0.2) is 0 Å². The summed E-state index contributed by atoms with van der Waals surface area (Å²) in [7, 11) is 0. The number of nitrogens with one attached hydrogen (secondary N) is 2. The third kappa shape index (κ3) is 8.03. The van der Waals surface area contributed by atoms with Crippen molar-refractivity contribution in [2.24, 2.45) is 0 Å². The first kappa shape index (κ1) is 21.3. The first-order valence-corrected chi connectivity index (χ1v) is 10.1. The Morgan fingerprint density at radius 1 is 1.00 bits per heavy atom. The molecule has 0 aliphatic rings. The number of hydrogen-bond acceptors (Lipinski definition) is 4. The van der Waals surface area contributed by atoms with Crippen molar-refractivity contribution >= 4 is 46.6 Å². The topological polar surface area (TPSA) is 61.4 Å². The van der Waals surface area contributed by atoms with E-state index >= 15 is 0 Å². The Kier molecular flexibility index (Phi) is 8.64. The number of benzene rings is 2. The van der Waals surface area contributed by atoms with Gasteiger partial charge < -0.3 is 10.6 Å². The van der Waals surface area contributed by atoms with Gasteiger partial charge in [0.2, 0.25) is 11.8 Å². The van der Waals surface area contributed by atoms with Crippen LogP contribution in [0.15, 0.2) is 53.4 Å². The fraction of sp³-hybridized carbons (Fsp3) is 0.300. The second-order valence-corrected chi connectivity index (χ2v) is 7.58. The molecule has 0 heterocycles. The smallest absolute Gasteiger partial charge is 0.238 e. The molecule has 5 nitrogen and oxygen atoms in total. The summed E-state index contributed by atoms with van der Waals surface area (Å²) in [6.07, 6.45) is 0. The molecule has 2 rings (SSSR count). The van der Waals surface area contributed by atoms with Gasteiger partial charge in [-0.1, -0.05) is 18.5 Å². The van der Waals surface area contributed by atoms with E-state index in [-0.39, 0.29) is 11.8 Å². The monoisotopic (exact) mass is 405 g/mol. The Morgan fingerprint density at radius 3 is 2.15 bits per heavy atom. The lowest BCUT2D eigenvalue weighted by atomic mass is 10.2. The summed E-state index contributed by atoms with van der Waals surface area (Å²) in [6.45, 7) is 5.46. The molecule has 0 spiro atoms. The molecule has 0 radical (unpaired) electrons. The predicted molar refractivity (Wildman–Crippen MR) is 114 cm³/mol. The van der Waals surface area contributed by atoms with Crippen LogP contribution in [0.2, 0.25) is 5.02 Å². The van der Waals surface area contributed by atoms with E-state index < -0.39 is 0 Å². The molecule has 2 aromatic carbocycles. The van der Waals surface area contributed by atoms with Crippen LogP contribution in [0.3, 0.4) is 0 Å².